The van der Waals surface area contributed by atoms with Gasteiger partial charge in [0.1, 0.15) is 10.9 Å². The van der Waals surface area contributed by atoms with Crippen molar-refractivity contribution in [3.05, 3.63) is 29.8 Å². The monoisotopic (exact) mass is 169 g/mol. The standard InChI is InChI=1S/C8H8ClNO/c1-11-7-5-3-2-4-6(7)8(9)10/h2-5,10H,1H3. The van der Waals surface area contributed by atoms with Crippen LogP contribution in [0.2, 0.25) is 0 Å². The Balaban J connectivity index is 3.12. The minimum Gasteiger partial charge on any atom is -0.496 e. The van der Waals surface area contributed by atoms with Crippen molar-refractivity contribution in [3.63, 3.8) is 0 Å². The number of nitrogens with one attached hydrogen (secondary N) is 1. The van der Waals surface area contributed by atoms with E-state index in [-0.39, 0.29) is 5.17 Å². The van der Waals surface area contributed by atoms with Gasteiger partial charge in [0.25, 0.3) is 0 Å². The molecule has 3 heteroatoms. The first-order chi connectivity index (χ1) is 5.25. The number of hydrogen-bond acceptors (Lipinski definition) is 2. The first-order valence-corrected chi connectivity index (χ1v) is 3.51. The van der Waals surface area contributed by atoms with Crippen molar-refractivity contribution in [1.29, 1.82) is 5.41 Å². The van der Waals surface area contributed by atoms with E-state index < -0.39 is 0 Å². The van der Waals surface area contributed by atoms with Gasteiger partial charge < -0.3 is 4.74 Å². The van der Waals surface area contributed by atoms with E-state index in [0.717, 1.165) is 0 Å². The molecule has 0 bridgehead atoms. The summed E-state index contributed by atoms with van der Waals surface area (Å²) in [6, 6.07) is 7.16. The molecule has 0 aliphatic carbocycles. The van der Waals surface area contributed by atoms with Crippen LogP contribution in [0.3, 0.4) is 0 Å². The van der Waals surface area contributed by atoms with E-state index in [4.69, 9.17) is 21.7 Å². The van der Waals surface area contributed by atoms with Gasteiger partial charge in [-0.1, -0.05) is 23.7 Å². The molecule has 0 unspecified atom stereocenters. The molecule has 11 heavy (non-hydrogen) atoms. The Hall–Kier alpha value is -1.02. The average molecular weight is 170 g/mol. The van der Waals surface area contributed by atoms with Crippen molar-refractivity contribution in [3.8, 4) is 5.75 Å². The smallest absolute Gasteiger partial charge is 0.131 e. The van der Waals surface area contributed by atoms with Gasteiger partial charge in [0.15, 0.2) is 0 Å². The molecule has 0 saturated heterocycles. The number of halogens is 1. The van der Waals surface area contributed by atoms with E-state index in [0.29, 0.717) is 11.3 Å². The third kappa shape index (κ3) is 1.71. The highest BCUT2D eigenvalue weighted by atomic mass is 35.5. The Labute approximate surface area is 70.3 Å². The van der Waals surface area contributed by atoms with Crippen molar-refractivity contribution in [1.82, 2.24) is 0 Å². The number of ether oxygens (including phenoxy) is 1. The van der Waals surface area contributed by atoms with E-state index in [1.54, 1.807) is 19.2 Å². The fraction of sp³-hybridized carbons (Fsp3) is 0.125. The number of para-hydroxylation sites is 1. The molecule has 0 aromatic heterocycles. The SMILES string of the molecule is COc1ccccc1C(=N)Cl. The lowest BCUT2D eigenvalue weighted by Gasteiger charge is -2.03. The second-order valence-corrected chi connectivity index (χ2v) is 2.39. The summed E-state index contributed by atoms with van der Waals surface area (Å²) in [6.45, 7) is 0. The van der Waals surface area contributed by atoms with Crippen molar-refractivity contribution in [2.24, 2.45) is 0 Å². The molecule has 0 aliphatic rings. The fourth-order valence-electron chi connectivity index (χ4n) is 0.826. The number of hydrogen-bond donors (Lipinski definition) is 1. The van der Waals surface area contributed by atoms with Gasteiger partial charge in [0.05, 0.1) is 12.7 Å². The number of methoxy groups -OCH3 is 1. The highest BCUT2D eigenvalue weighted by Gasteiger charge is 2.03. The summed E-state index contributed by atoms with van der Waals surface area (Å²) in [5.74, 6) is 0.632. The van der Waals surface area contributed by atoms with Gasteiger partial charge in [-0.2, -0.15) is 0 Å². The zero-order valence-corrected chi connectivity index (χ0v) is 6.85. The molecule has 2 nitrogen and oxygen atoms in total. The molecule has 1 rings (SSSR count). The summed E-state index contributed by atoms with van der Waals surface area (Å²) >= 11 is 5.49. The number of rotatable bonds is 2. The molecule has 0 radical (unpaired) electrons. The molecule has 0 saturated carbocycles. The normalized spacial score (nSPS) is 9.27. The Morgan fingerprint density at radius 3 is 2.55 bits per heavy atom. The summed E-state index contributed by atoms with van der Waals surface area (Å²) in [7, 11) is 1.55. The largest absolute Gasteiger partial charge is 0.496 e. The van der Waals surface area contributed by atoms with Gasteiger partial charge in [-0.3, -0.25) is 5.41 Å². The van der Waals surface area contributed by atoms with Crippen LogP contribution in [0.1, 0.15) is 5.56 Å². The molecule has 58 valence electrons. The van der Waals surface area contributed by atoms with Gasteiger partial charge in [0, 0.05) is 0 Å². The molecule has 0 aliphatic heterocycles. The molecule has 1 aromatic rings. The summed E-state index contributed by atoms with van der Waals surface area (Å²) < 4.78 is 4.98. The van der Waals surface area contributed by atoms with Gasteiger partial charge >= 0.3 is 0 Å². The summed E-state index contributed by atoms with van der Waals surface area (Å²) in [4.78, 5) is 0. The topological polar surface area (TPSA) is 33.1 Å². The van der Waals surface area contributed by atoms with Crippen LogP contribution in [0.25, 0.3) is 0 Å². The van der Waals surface area contributed by atoms with Crippen LogP contribution >= 0.6 is 11.6 Å². The Bertz CT molecular complexity index is 273. The molecule has 0 amide bonds. The van der Waals surface area contributed by atoms with Gasteiger partial charge in [0.2, 0.25) is 0 Å². The fourth-order valence-corrected chi connectivity index (χ4v) is 0.982. The maximum absolute atomic E-state index is 7.16. The van der Waals surface area contributed by atoms with Crippen molar-refractivity contribution >= 4 is 16.8 Å². The van der Waals surface area contributed by atoms with Crippen LogP contribution in [0.5, 0.6) is 5.75 Å². The number of benzene rings is 1. The molecule has 1 aromatic carbocycles. The summed E-state index contributed by atoms with van der Waals surface area (Å²) in [5, 5.41) is 7.17. The quantitative estimate of drug-likeness (QED) is 0.677. The molecule has 0 fully saturated rings. The predicted octanol–water partition coefficient (Wildman–Crippen LogP) is 2.26. The van der Waals surface area contributed by atoms with Crippen LogP contribution in [-0.2, 0) is 0 Å². The molecule has 0 atom stereocenters. The van der Waals surface area contributed by atoms with E-state index in [2.05, 4.69) is 0 Å². The van der Waals surface area contributed by atoms with Crippen LogP contribution in [0.15, 0.2) is 24.3 Å². The highest BCUT2D eigenvalue weighted by Crippen LogP contribution is 2.18. The maximum atomic E-state index is 7.16. The molecule has 0 heterocycles. The minimum absolute atomic E-state index is 0.00227. The maximum Gasteiger partial charge on any atom is 0.131 e. The van der Waals surface area contributed by atoms with Gasteiger partial charge in [-0.25, -0.2) is 0 Å². The van der Waals surface area contributed by atoms with E-state index >= 15 is 0 Å². The van der Waals surface area contributed by atoms with Gasteiger partial charge in [-0.15, -0.1) is 0 Å². The Morgan fingerprint density at radius 2 is 2.09 bits per heavy atom. The average Bonchev–Trinajstić information content (AvgIpc) is 2.04. The van der Waals surface area contributed by atoms with Crippen LogP contribution in [0.4, 0.5) is 0 Å². The zero-order valence-electron chi connectivity index (χ0n) is 6.10. The van der Waals surface area contributed by atoms with E-state index in [9.17, 15) is 0 Å². The first kappa shape index (κ1) is 8.08. The molecular formula is C8H8ClNO. The minimum atomic E-state index is 0.00227. The zero-order chi connectivity index (χ0) is 8.27. The predicted molar refractivity (Wildman–Crippen MR) is 45.7 cm³/mol. The van der Waals surface area contributed by atoms with Crippen molar-refractivity contribution in [2.75, 3.05) is 7.11 Å². The summed E-state index contributed by atoms with van der Waals surface area (Å²) in [5.41, 5.74) is 0.622. The molecule has 1 N–H and O–H groups in total. The third-order valence-corrected chi connectivity index (χ3v) is 1.55. The Morgan fingerprint density at radius 1 is 1.45 bits per heavy atom. The lowest BCUT2D eigenvalue weighted by molar-refractivity contribution is 0.414. The van der Waals surface area contributed by atoms with Crippen LogP contribution in [0, 0.1) is 5.41 Å². The Kier molecular flexibility index (Phi) is 2.49. The van der Waals surface area contributed by atoms with Crippen molar-refractivity contribution in [2.45, 2.75) is 0 Å². The summed E-state index contributed by atoms with van der Waals surface area (Å²) in [6.07, 6.45) is 0. The second-order valence-electron chi connectivity index (χ2n) is 2.01. The van der Waals surface area contributed by atoms with Crippen LogP contribution < -0.4 is 4.74 Å². The highest BCUT2D eigenvalue weighted by molar-refractivity contribution is 6.69. The van der Waals surface area contributed by atoms with E-state index in [1.807, 2.05) is 12.1 Å². The molecular weight excluding hydrogens is 162 g/mol. The first-order valence-electron chi connectivity index (χ1n) is 3.13. The molecule has 0 spiro atoms. The lowest BCUT2D eigenvalue weighted by Crippen LogP contribution is -1.93. The van der Waals surface area contributed by atoms with E-state index in [1.165, 1.54) is 0 Å². The third-order valence-electron chi connectivity index (χ3n) is 1.34. The second kappa shape index (κ2) is 3.39. The van der Waals surface area contributed by atoms with Gasteiger partial charge in [-0.05, 0) is 12.1 Å². The van der Waals surface area contributed by atoms with Crippen LogP contribution in [-0.4, -0.2) is 12.3 Å². The lowest BCUT2D eigenvalue weighted by atomic mass is 10.2. The van der Waals surface area contributed by atoms with Crippen molar-refractivity contribution < 1.29 is 4.74 Å².